The molecule has 0 radical (unpaired) electrons. The van der Waals surface area contributed by atoms with E-state index in [2.05, 4.69) is 4.98 Å². The molecule has 0 fully saturated rings. The number of nitro groups is 1. The SMILES string of the molecule is Cc1ccc(-c2ccc(C(=O)n3c(=S)[nH]c4c(Cl)cc(Cl)cc4c3=O)o2)cc1[N+](=O)[O-]. The molecule has 0 aliphatic rings. The van der Waals surface area contributed by atoms with Gasteiger partial charge in [-0.15, -0.1) is 0 Å². The summed E-state index contributed by atoms with van der Waals surface area (Å²) in [6, 6.07) is 10.2. The Labute approximate surface area is 188 Å². The first kappa shape index (κ1) is 21.0. The van der Waals surface area contributed by atoms with Crippen LogP contribution in [0.2, 0.25) is 10.0 Å². The van der Waals surface area contributed by atoms with E-state index in [0.717, 1.165) is 4.57 Å². The largest absolute Gasteiger partial charge is 0.451 e. The molecule has 0 spiro atoms. The molecule has 0 atom stereocenters. The highest BCUT2D eigenvalue weighted by molar-refractivity contribution is 7.71. The second-order valence-corrected chi connectivity index (χ2v) is 7.84. The van der Waals surface area contributed by atoms with Gasteiger partial charge < -0.3 is 9.40 Å². The van der Waals surface area contributed by atoms with E-state index in [-0.39, 0.29) is 42.9 Å². The zero-order valence-electron chi connectivity index (χ0n) is 15.6. The van der Waals surface area contributed by atoms with Gasteiger partial charge in [-0.05, 0) is 43.4 Å². The maximum absolute atomic E-state index is 13.0. The number of hydrogen-bond donors (Lipinski definition) is 1. The molecule has 0 amide bonds. The summed E-state index contributed by atoms with van der Waals surface area (Å²) in [4.78, 5) is 39.3. The fraction of sp³-hybridized carbons (Fsp3) is 0.0500. The summed E-state index contributed by atoms with van der Waals surface area (Å²) in [6.45, 7) is 1.62. The van der Waals surface area contributed by atoms with Crippen molar-refractivity contribution in [2.75, 3.05) is 0 Å². The van der Waals surface area contributed by atoms with Gasteiger partial charge in [0.25, 0.3) is 11.2 Å². The molecule has 0 aliphatic heterocycles. The van der Waals surface area contributed by atoms with Gasteiger partial charge in [-0.3, -0.25) is 19.7 Å². The Bertz CT molecular complexity index is 1520. The highest BCUT2D eigenvalue weighted by atomic mass is 35.5. The van der Waals surface area contributed by atoms with E-state index in [4.69, 9.17) is 39.8 Å². The molecule has 2 aromatic heterocycles. The first-order valence-corrected chi connectivity index (χ1v) is 9.88. The van der Waals surface area contributed by atoms with Crippen molar-refractivity contribution >= 4 is 57.9 Å². The van der Waals surface area contributed by atoms with E-state index >= 15 is 0 Å². The molecule has 4 rings (SSSR count). The van der Waals surface area contributed by atoms with Crippen molar-refractivity contribution in [2.45, 2.75) is 6.92 Å². The van der Waals surface area contributed by atoms with Crippen LogP contribution in [-0.2, 0) is 0 Å². The van der Waals surface area contributed by atoms with Crippen molar-refractivity contribution in [3.05, 3.63) is 89.1 Å². The molecule has 2 heterocycles. The molecule has 0 unspecified atom stereocenters. The predicted molar refractivity (Wildman–Crippen MR) is 119 cm³/mol. The number of benzene rings is 2. The lowest BCUT2D eigenvalue weighted by Crippen LogP contribution is -2.28. The Morgan fingerprint density at radius 1 is 1.19 bits per heavy atom. The topological polar surface area (TPSA) is 111 Å². The third-order valence-corrected chi connectivity index (χ3v) is 5.43. The average molecular weight is 476 g/mol. The summed E-state index contributed by atoms with van der Waals surface area (Å²) < 4.78 is 6.16. The van der Waals surface area contributed by atoms with Crippen molar-refractivity contribution < 1.29 is 14.1 Å². The first-order chi connectivity index (χ1) is 14.7. The fourth-order valence-electron chi connectivity index (χ4n) is 3.11. The summed E-state index contributed by atoms with van der Waals surface area (Å²) >= 11 is 17.3. The molecular formula is C20H11Cl2N3O5S. The summed E-state index contributed by atoms with van der Waals surface area (Å²) in [7, 11) is 0. The van der Waals surface area contributed by atoms with Crippen molar-refractivity contribution in [3.63, 3.8) is 0 Å². The van der Waals surface area contributed by atoms with Crippen LogP contribution < -0.4 is 5.56 Å². The number of hydrogen-bond acceptors (Lipinski definition) is 6. The number of H-pyrrole nitrogens is 1. The number of halogens is 2. The Balaban J connectivity index is 1.81. The van der Waals surface area contributed by atoms with Crippen molar-refractivity contribution in [1.29, 1.82) is 0 Å². The minimum Gasteiger partial charge on any atom is -0.451 e. The van der Waals surface area contributed by atoms with Gasteiger partial charge in [0, 0.05) is 22.2 Å². The van der Waals surface area contributed by atoms with E-state index in [1.54, 1.807) is 19.1 Å². The quantitative estimate of drug-likeness (QED) is 0.236. The second-order valence-electron chi connectivity index (χ2n) is 6.61. The molecule has 0 saturated carbocycles. The maximum Gasteiger partial charge on any atom is 0.302 e. The molecule has 0 aliphatic carbocycles. The van der Waals surface area contributed by atoms with Crippen LogP contribution in [-0.4, -0.2) is 20.4 Å². The summed E-state index contributed by atoms with van der Waals surface area (Å²) in [5.41, 5.74) is 0.367. The maximum atomic E-state index is 13.0. The Hall–Kier alpha value is -3.27. The fourth-order valence-corrected chi connectivity index (χ4v) is 3.92. The number of carbonyl (C=O) groups is 1. The zero-order chi connectivity index (χ0) is 22.4. The molecule has 156 valence electrons. The first-order valence-electron chi connectivity index (χ1n) is 8.71. The number of rotatable bonds is 3. The van der Waals surface area contributed by atoms with Gasteiger partial charge in [-0.2, -0.15) is 0 Å². The normalized spacial score (nSPS) is 11.1. The van der Waals surface area contributed by atoms with Crippen molar-refractivity contribution in [1.82, 2.24) is 9.55 Å². The molecule has 2 aromatic carbocycles. The van der Waals surface area contributed by atoms with Crippen molar-refractivity contribution in [3.8, 4) is 11.3 Å². The lowest BCUT2D eigenvalue weighted by atomic mass is 10.1. The Morgan fingerprint density at radius 3 is 2.65 bits per heavy atom. The van der Waals surface area contributed by atoms with Crippen LogP contribution in [0.4, 0.5) is 5.69 Å². The number of fused-ring (bicyclic) bond motifs is 1. The van der Waals surface area contributed by atoms with Gasteiger partial charge in [0.05, 0.1) is 20.8 Å². The number of nitrogens with one attached hydrogen (secondary N) is 1. The standard InChI is InChI=1S/C20H11Cl2N3O5S/c1-9-2-3-10(6-14(9)25(28)29)15-4-5-16(30-15)19(27)24-18(26)12-7-11(21)8-13(22)17(12)23-20(24)31/h2-8H,1H3,(H,23,31). The summed E-state index contributed by atoms with van der Waals surface area (Å²) in [6.07, 6.45) is 0. The summed E-state index contributed by atoms with van der Waals surface area (Å²) in [5.74, 6) is -0.759. The van der Waals surface area contributed by atoms with Crippen LogP contribution >= 0.6 is 35.4 Å². The smallest absolute Gasteiger partial charge is 0.302 e. The highest BCUT2D eigenvalue weighted by Gasteiger charge is 2.21. The van der Waals surface area contributed by atoms with Gasteiger partial charge in [-0.1, -0.05) is 35.3 Å². The number of aromatic amines is 1. The Morgan fingerprint density at radius 2 is 1.94 bits per heavy atom. The minimum atomic E-state index is -0.808. The molecule has 0 saturated heterocycles. The van der Waals surface area contributed by atoms with E-state index in [1.165, 1.54) is 30.3 Å². The number of aromatic nitrogens is 2. The number of nitro benzene ring substituents is 1. The van der Waals surface area contributed by atoms with Crippen LogP contribution in [0.1, 0.15) is 16.1 Å². The van der Waals surface area contributed by atoms with Gasteiger partial charge in [0.2, 0.25) is 0 Å². The number of carbonyl (C=O) groups excluding carboxylic acids is 1. The van der Waals surface area contributed by atoms with Crippen LogP contribution in [0.5, 0.6) is 0 Å². The third kappa shape index (κ3) is 3.67. The van der Waals surface area contributed by atoms with Crippen LogP contribution in [0, 0.1) is 21.8 Å². The molecule has 11 heteroatoms. The number of nitrogens with zero attached hydrogens (tertiary/aromatic N) is 2. The van der Waals surface area contributed by atoms with Gasteiger partial charge >= 0.3 is 5.91 Å². The van der Waals surface area contributed by atoms with Gasteiger partial charge in [-0.25, -0.2) is 4.57 Å². The molecule has 4 aromatic rings. The van der Waals surface area contributed by atoms with E-state index in [0.29, 0.717) is 11.1 Å². The number of furan rings is 1. The van der Waals surface area contributed by atoms with Crippen molar-refractivity contribution in [2.24, 2.45) is 0 Å². The van der Waals surface area contributed by atoms with Crippen LogP contribution in [0.3, 0.4) is 0 Å². The predicted octanol–water partition coefficient (Wildman–Crippen LogP) is 5.53. The molecule has 1 N–H and O–H groups in total. The second kappa shape index (κ2) is 7.77. The zero-order valence-corrected chi connectivity index (χ0v) is 18.0. The molecule has 31 heavy (non-hydrogen) atoms. The van der Waals surface area contributed by atoms with E-state index in [9.17, 15) is 19.7 Å². The number of aryl methyl sites for hydroxylation is 1. The summed E-state index contributed by atoms with van der Waals surface area (Å²) in [5, 5.41) is 11.7. The lowest BCUT2D eigenvalue weighted by Gasteiger charge is -2.07. The van der Waals surface area contributed by atoms with Crippen LogP contribution in [0.25, 0.3) is 22.2 Å². The molecule has 0 bridgehead atoms. The monoisotopic (exact) mass is 475 g/mol. The average Bonchev–Trinajstić information content (AvgIpc) is 3.19. The van der Waals surface area contributed by atoms with E-state index in [1.807, 2.05) is 0 Å². The van der Waals surface area contributed by atoms with E-state index < -0.39 is 16.4 Å². The molecule has 8 nitrogen and oxygen atoms in total. The van der Waals surface area contributed by atoms with Gasteiger partial charge in [0.15, 0.2) is 10.5 Å². The third-order valence-electron chi connectivity index (χ3n) is 4.63. The minimum absolute atomic E-state index is 0.0799. The Kier molecular flexibility index (Phi) is 5.26. The lowest BCUT2D eigenvalue weighted by molar-refractivity contribution is -0.385. The van der Waals surface area contributed by atoms with Gasteiger partial charge in [0.1, 0.15) is 5.76 Å². The van der Waals surface area contributed by atoms with Crippen LogP contribution in [0.15, 0.2) is 51.7 Å². The highest BCUT2D eigenvalue weighted by Crippen LogP contribution is 2.29. The molecular weight excluding hydrogens is 465 g/mol.